The third kappa shape index (κ3) is 3.99. The summed E-state index contributed by atoms with van der Waals surface area (Å²) in [7, 11) is 0. The number of nitrogens with zero attached hydrogens (tertiary/aromatic N) is 5. The van der Waals surface area contributed by atoms with E-state index in [9.17, 15) is 23.2 Å². The number of carbonyl (C=O) groups excluding carboxylic acids is 1. The highest BCUT2D eigenvalue weighted by molar-refractivity contribution is 7.16. The highest BCUT2D eigenvalue weighted by Crippen LogP contribution is 2.38. The van der Waals surface area contributed by atoms with Crippen LogP contribution in [-0.2, 0) is 19.0 Å². The van der Waals surface area contributed by atoms with E-state index in [1.165, 1.54) is 35.6 Å². The third-order valence-corrected chi connectivity index (χ3v) is 6.92. The Morgan fingerprint density at radius 2 is 1.91 bits per heavy atom. The molecule has 172 valence electrons. The SMILES string of the molecule is N#Cc1c(NC(=O)c2nc3nc(-c4ccc(Cl)cc4)cc(C(F)(F)F)n3n2)sc2c1CCCC2. The molecule has 1 amide bonds. The number of alkyl halides is 3. The fourth-order valence-corrected chi connectivity index (χ4v) is 5.23. The number of thiophene rings is 1. The number of hydrogen-bond donors (Lipinski definition) is 1. The first-order valence-electron chi connectivity index (χ1n) is 10.2. The van der Waals surface area contributed by atoms with Crippen molar-refractivity contribution in [3.63, 3.8) is 0 Å². The summed E-state index contributed by atoms with van der Waals surface area (Å²) in [4.78, 5) is 22.0. The van der Waals surface area contributed by atoms with Crippen LogP contribution < -0.4 is 5.32 Å². The molecule has 0 fully saturated rings. The molecule has 1 aliphatic carbocycles. The van der Waals surface area contributed by atoms with Crippen LogP contribution in [0.2, 0.25) is 5.02 Å². The average Bonchev–Trinajstić information content (AvgIpc) is 3.39. The number of nitrogens with one attached hydrogen (secondary N) is 1. The predicted molar refractivity (Wildman–Crippen MR) is 120 cm³/mol. The predicted octanol–water partition coefficient (Wildman–Crippen LogP) is 5.53. The minimum atomic E-state index is -4.77. The number of fused-ring (bicyclic) bond motifs is 2. The molecular weight excluding hydrogens is 489 g/mol. The smallest absolute Gasteiger partial charge is 0.310 e. The number of aromatic nitrogens is 4. The first-order valence-corrected chi connectivity index (χ1v) is 11.4. The zero-order valence-corrected chi connectivity index (χ0v) is 18.9. The maximum Gasteiger partial charge on any atom is 0.433 e. The number of aryl methyl sites for hydroxylation is 1. The maximum atomic E-state index is 13.8. The van der Waals surface area contributed by atoms with Crippen molar-refractivity contribution < 1.29 is 18.0 Å². The number of amides is 1. The lowest BCUT2D eigenvalue weighted by Crippen LogP contribution is -2.16. The summed E-state index contributed by atoms with van der Waals surface area (Å²) in [5.74, 6) is -1.68. The molecule has 7 nitrogen and oxygen atoms in total. The van der Waals surface area contributed by atoms with Crippen LogP contribution in [0.25, 0.3) is 17.0 Å². The number of anilines is 1. The monoisotopic (exact) mass is 502 g/mol. The molecule has 3 heterocycles. The molecule has 34 heavy (non-hydrogen) atoms. The topological polar surface area (TPSA) is 96.0 Å². The highest BCUT2D eigenvalue weighted by atomic mass is 35.5. The molecule has 1 aliphatic rings. The standard InChI is InChI=1S/C22H14ClF3N6OS/c23-12-7-5-11(6-8-12)15-9-17(22(24,25)26)32-21(28-15)29-18(31-32)19(33)30-20-14(10-27)13-3-1-2-4-16(13)34-20/h5-9H,1-4H2,(H,30,33). The summed E-state index contributed by atoms with van der Waals surface area (Å²) in [6, 6.07) is 9.10. The Labute approximate surface area is 199 Å². The first kappa shape index (κ1) is 22.3. The molecule has 0 spiro atoms. The molecule has 1 N–H and O–H groups in total. The number of rotatable bonds is 3. The molecule has 5 rings (SSSR count). The summed E-state index contributed by atoms with van der Waals surface area (Å²) in [6.45, 7) is 0. The van der Waals surface area contributed by atoms with Crippen LogP contribution in [0.15, 0.2) is 30.3 Å². The fourth-order valence-electron chi connectivity index (χ4n) is 3.87. The lowest BCUT2D eigenvalue weighted by Gasteiger charge is -2.10. The van der Waals surface area contributed by atoms with Crippen LogP contribution in [0.1, 0.15) is 45.2 Å². The van der Waals surface area contributed by atoms with E-state index < -0.39 is 23.6 Å². The van der Waals surface area contributed by atoms with Gasteiger partial charge in [0, 0.05) is 15.5 Å². The van der Waals surface area contributed by atoms with Gasteiger partial charge in [-0.1, -0.05) is 23.7 Å². The van der Waals surface area contributed by atoms with Gasteiger partial charge >= 0.3 is 6.18 Å². The number of benzene rings is 1. The number of nitriles is 1. The van der Waals surface area contributed by atoms with Crippen molar-refractivity contribution in [3.05, 3.63) is 62.9 Å². The normalized spacial score (nSPS) is 13.5. The molecule has 12 heteroatoms. The minimum Gasteiger partial charge on any atom is -0.310 e. The summed E-state index contributed by atoms with van der Waals surface area (Å²) < 4.78 is 41.9. The van der Waals surface area contributed by atoms with Gasteiger partial charge in [0.1, 0.15) is 11.1 Å². The van der Waals surface area contributed by atoms with Crippen LogP contribution >= 0.6 is 22.9 Å². The van der Waals surface area contributed by atoms with Gasteiger partial charge in [-0.15, -0.1) is 16.4 Å². The van der Waals surface area contributed by atoms with E-state index in [0.29, 0.717) is 25.7 Å². The summed E-state index contributed by atoms with van der Waals surface area (Å²) in [5.41, 5.74) is 0.586. The van der Waals surface area contributed by atoms with Gasteiger partial charge in [0.05, 0.1) is 11.3 Å². The molecule has 0 atom stereocenters. The van der Waals surface area contributed by atoms with Gasteiger partial charge in [-0.2, -0.15) is 27.9 Å². The lowest BCUT2D eigenvalue weighted by molar-refractivity contribution is -0.142. The maximum absolute atomic E-state index is 13.8. The largest absolute Gasteiger partial charge is 0.433 e. The Hall–Kier alpha value is -3.49. The summed E-state index contributed by atoms with van der Waals surface area (Å²) in [6.07, 6.45) is -1.24. The van der Waals surface area contributed by atoms with Gasteiger partial charge in [-0.05, 0) is 49.4 Å². The van der Waals surface area contributed by atoms with Gasteiger partial charge in [0.2, 0.25) is 5.82 Å². The van der Waals surface area contributed by atoms with E-state index >= 15 is 0 Å². The van der Waals surface area contributed by atoms with Crippen LogP contribution in [0.3, 0.4) is 0 Å². The Morgan fingerprint density at radius 1 is 1.18 bits per heavy atom. The highest BCUT2D eigenvalue weighted by Gasteiger charge is 2.36. The van der Waals surface area contributed by atoms with E-state index in [1.807, 2.05) is 0 Å². The van der Waals surface area contributed by atoms with Crippen molar-refractivity contribution in [1.82, 2.24) is 19.6 Å². The second-order valence-corrected chi connectivity index (χ2v) is 9.20. The second-order valence-electron chi connectivity index (χ2n) is 7.66. The third-order valence-electron chi connectivity index (χ3n) is 5.46. The van der Waals surface area contributed by atoms with Gasteiger partial charge in [0.15, 0.2) is 5.69 Å². The van der Waals surface area contributed by atoms with Crippen molar-refractivity contribution >= 4 is 39.6 Å². The number of carbonyl (C=O) groups is 1. The molecule has 1 aromatic carbocycles. The van der Waals surface area contributed by atoms with Crippen molar-refractivity contribution in [2.75, 3.05) is 5.32 Å². The van der Waals surface area contributed by atoms with E-state index in [4.69, 9.17) is 11.6 Å². The molecule has 0 radical (unpaired) electrons. The van der Waals surface area contributed by atoms with Crippen molar-refractivity contribution in [3.8, 4) is 17.3 Å². The van der Waals surface area contributed by atoms with Gasteiger partial charge < -0.3 is 5.32 Å². The van der Waals surface area contributed by atoms with Gasteiger partial charge in [-0.3, -0.25) is 4.79 Å². The van der Waals surface area contributed by atoms with Crippen molar-refractivity contribution in [1.29, 1.82) is 5.26 Å². The summed E-state index contributed by atoms with van der Waals surface area (Å²) >= 11 is 7.17. The van der Waals surface area contributed by atoms with Crippen LogP contribution in [0.5, 0.6) is 0 Å². The number of halogens is 4. The molecule has 4 aromatic rings. The van der Waals surface area contributed by atoms with Crippen LogP contribution in [-0.4, -0.2) is 25.5 Å². The Kier molecular flexibility index (Phi) is 5.50. The van der Waals surface area contributed by atoms with Crippen LogP contribution in [0, 0.1) is 11.3 Å². The molecule has 0 unspecified atom stereocenters. The van der Waals surface area contributed by atoms with Crippen LogP contribution in [0.4, 0.5) is 18.2 Å². The number of hydrogen-bond acceptors (Lipinski definition) is 6. The summed E-state index contributed by atoms with van der Waals surface area (Å²) in [5, 5.41) is 16.7. The van der Waals surface area contributed by atoms with E-state index in [1.54, 1.807) is 0 Å². The first-order chi connectivity index (χ1) is 16.2. The second kappa shape index (κ2) is 8.38. The molecule has 0 saturated heterocycles. The van der Waals surface area contributed by atoms with E-state index in [2.05, 4.69) is 26.5 Å². The quantitative estimate of drug-likeness (QED) is 0.397. The zero-order chi connectivity index (χ0) is 24.0. The van der Waals surface area contributed by atoms with Crippen molar-refractivity contribution in [2.24, 2.45) is 0 Å². The Morgan fingerprint density at radius 3 is 2.62 bits per heavy atom. The van der Waals surface area contributed by atoms with Crippen molar-refractivity contribution in [2.45, 2.75) is 31.9 Å². The molecular formula is C22H14ClF3N6OS. The molecule has 3 aromatic heterocycles. The molecule has 0 aliphatic heterocycles. The van der Waals surface area contributed by atoms with E-state index in [0.717, 1.165) is 42.2 Å². The van der Waals surface area contributed by atoms with E-state index in [-0.39, 0.29) is 11.5 Å². The molecule has 0 bridgehead atoms. The zero-order valence-electron chi connectivity index (χ0n) is 17.3. The minimum absolute atomic E-state index is 0.00792. The lowest BCUT2D eigenvalue weighted by atomic mass is 9.96. The molecule has 0 saturated carbocycles. The Bertz CT molecular complexity index is 1470. The van der Waals surface area contributed by atoms with Gasteiger partial charge in [-0.25, -0.2) is 4.98 Å². The Balaban J connectivity index is 1.55. The fraction of sp³-hybridized carbons (Fsp3) is 0.227. The average molecular weight is 503 g/mol. The van der Waals surface area contributed by atoms with Gasteiger partial charge in [0.25, 0.3) is 11.7 Å².